The molecular weight excluding hydrogens is 382 g/mol. The lowest BCUT2D eigenvalue weighted by molar-refractivity contribution is -0.116. The molecule has 1 aromatic heterocycles. The van der Waals surface area contributed by atoms with Crippen molar-refractivity contribution in [3.8, 4) is 11.8 Å². The highest BCUT2D eigenvalue weighted by Gasteiger charge is 2.17. The van der Waals surface area contributed by atoms with Crippen molar-refractivity contribution < 1.29 is 4.79 Å². The fourth-order valence-electron chi connectivity index (χ4n) is 2.90. The van der Waals surface area contributed by atoms with Crippen LogP contribution in [0, 0.1) is 18.3 Å². The van der Waals surface area contributed by atoms with Crippen molar-refractivity contribution in [2.24, 2.45) is 0 Å². The molecule has 2 aromatic carbocycles. The van der Waals surface area contributed by atoms with E-state index in [1.807, 2.05) is 69.3 Å². The van der Waals surface area contributed by atoms with E-state index in [1.54, 1.807) is 18.2 Å². The van der Waals surface area contributed by atoms with Crippen LogP contribution in [0.25, 0.3) is 17.3 Å². The van der Waals surface area contributed by atoms with Gasteiger partial charge in [0.1, 0.15) is 10.7 Å². The number of thiazole rings is 1. The monoisotopic (exact) mass is 403 g/mol. The molecule has 29 heavy (non-hydrogen) atoms. The number of hydrogen-bond acceptors (Lipinski definition) is 4. The number of aryl methyl sites for hydroxylation is 1. The van der Waals surface area contributed by atoms with Crippen LogP contribution >= 0.6 is 11.3 Å². The second kappa shape index (κ2) is 8.72. The number of carbonyl (C=O) groups excluding carboxylic acids is 1. The minimum atomic E-state index is -0.490. The van der Waals surface area contributed by atoms with Gasteiger partial charge in [-0.3, -0.25) is 14.2 Å². The second-order valence-corrected chi connectivity index (χ2v) is 7.95. The van der Waals surface area contributed by atoms with E-state index >= 15 is 0 Å². The minimum absolute atomic E-state index is 0.0754. The van der Waals surface area contributed by atoms with Gasteiger partial charge in [0.25, 0.3) is 11.5 Å². The summed E-state index contributed by atoms with van der Waals surface area (Å²) < 4.78 is 2.21. The van der Waals surface area contributed by atoms with Crippen LogP contribution < -0.4 is 20.1 Å². The summed E-state index contributed by atoms with van der Waals surface area (Å²) in [6.45, 7) is 5.63. The lowest BCUT2D eigenvalue weighted by Crippen LogP contribution is -2.36. The van der Waals surface area contributed by atoms with Gasteiger partial charge in [-0.15, -0.1) is 11.3 Å². The van der Waals surface area contributed by atoms with Gasteiger partial charge < -0.3 is 5.32 Å². The third-order valence-corrected chi connectivity index (χ3v) is 5.24. The maximum atomic E-state index is 13.2. The summed E-state index contributed by atoms with van der Waals surface area (Å²) in [4.78, 5) is 25.8. The summed E-state index contributed by atoms with van der Waals surface area (Å²) in [6, 6.07) is 18.7. The van der Waals surface area contributed by atoms with Gasteiger partial charge >= 0.3 is 0 Å². The third kappa shape index (κ3) is 4.53. The van der Waals surface area contributed by atoms with Crippen molar-refractivity contribution in [1.82, 2.24) is 9.88 Å². The summed E-state index contributed by atoms with van der Waals surface area (Å²) in [7, 11) is 0. The summed E-state index contributed by atoms with van der Waals surface area (Å²) in [5, 5.41) is 12.4. The van der Waals surface area contributed by atoms with E-state index in [0.717, 1.165) is 22.5 Å². The zero-order valence-corrected chi connectivity index (χ0v) is 17.3. The number of amides is 1. The molecule has 0 aliphatic rings. The average molecular weight is 404 g/mol. The maximum Gasteiger partial charge on any atom is 0.273 e. The maximum absolute atomic E-state index is 13.2. The number of aromatic nitrogens is 1. The summed E-state index contributed by atoms with van der Waals surface area (Å²) in [6.07, 6.45) is 1.79. The van der Waals surface area contributed by atoms with Crippen LogP contribution in [0.5, 0.6) is 0 Å². The molecule has 0 spiro atoms. The molecule has 0 radical (unpaired) electrons. The molecule has 146 valence electrons. The molecule has 0 atom stereocenters. The molecule has 3 rings (SSSR count). The first-order chi connectivity index (χ1) is 13.9. The van der Waals surface area contributed by atoms with Crippen LogP contribution in [0.15, 0.2) is 59.4 Å². The number of para-hydroxylation sites is 1. The highest BCUT2D eigenvalue weighted by molar-refractivity contribution is 7.07. The molecule has 0 saturated heterocycles. The lowest BCUT2D eigenvalue weighted by atomic mass is 10.1. The van der Waals surface area contributed by atoms with Crippen molar-refractivity contribution >= 4 is 28.9 Å². The number of carbonyl (C=O) groups is 1. The van der Waals surface area contributed by atoms with Gasteiger partial charge in [0.05, 0.1) is 10.2 Å². The Morgan fingerprint density at radius 3 is 2.52 bits per heavy atom. The van der Waals surface area contributed by atoms with Crippen molar-refractivity contribution in [3.05, 3.63) is 85.3 Å². The van der Waals surface area contributed by atoms with E-state index < -0.39 is 5.91 Å². The van der Waals surface area contributed by atoms with Crippen LogP contribution in [0.2, 0.25) is 0 Å². The van der Waals surface area contributed by atoms with Crippen LogP contribution in [0.1, 0.15) is 25.0 Å². The highest BCUT2D eigenvalue weighted by atomic mass is 32.1. The molecule has 1 N–H and O–H groups in total. The molecule has 1 heterocycles. The first-order valence-electron chi connectivity index (χ1n) is 9.21. The molecule has 1 amide bonds. The van der Waals surface area contributed by atoms with E-state index in [-0.39, 0.29) is 17.2 Å². The van der Waals surface area contributed by atoms with Gasteiger partial charge in [-0.25, -0.2) is 0 Å². The van der Waals surface area contributed by atoms with Gasteiger partial charge in [0.2, 0.25) is 0 Å². The summed E-state index contributed by atoms with van der Waals surface area (Å²) in [5.41, 5.74) is 2.24. The molecule has 0 aliphatic heterocycles. The number of nitriles is 1. The SMILES string of the molecule is Cc1cccc(/C=c2\s/c(=C(/C#N)C(=O)NC(C)C)n(-c3ccccc3)c2=O)c1. The molecule has 0 fully saturated rings. The van der Waals surface area contributed by atoms with Gasteiger partial charge in [-0.1, -0.05) is 48.0 Å². The predicted octanol–water partition coefficient (Wildman–Crippen LogP) is 2.24. The molecule has 5 nitrogen and oxygen atoms in total. The summed E-state index contributed by atoms with van der Waals surface area (Å²) >= 11 is 1.14. The van der Waals surface area contributed by atoms with E-state index in [1.165, 1.54) is 4.57 Å². The first kappa shape index (κ1) is 20.3. The van der Waals surface area contributed by atoms with Crippen molar-refractivity contribution in [2.75, 3.05) is 0 Å². The summed E-state index contributed by atoms with van der Waals surface area (Å²) in [5.74, 6) is -0.490. The second-order valence-electron chi connectivity index (χ2n) is 6.92. The number of rotatable bonds is 4. The van der Waals surface area contributed by atoms with Crippen LogP contribution in [0.4, 0.5) is 0 Å². The molecule has 0 saturated carbocycles. The number of benzene rings is 2. The normalized spacial score (nSPS) is 12.6. The fourth-order valence-corrected chi connectivity index (χ4v) is 4.00. The Bertz CT molecular complexity index is 1260. The Hall–Kier alpha value is -3.43. The average Bonchev–Trinajstić information content (AvgIpc) is 2.98. The molecule has 0 unspecified atom stereocenters. The highest BCUT2D eigenvalue weighted by Crippen LogP contribution is 2.06. The van der Waals surface area contributed by atoms with Crippen molar-refractivity contribution in [3.63, 3.8) is 0 Å². The van der Waals surface area contributed by atoms with Crippen LogP contribution in [-0.2, 0) is 4.79 Å². The Morgan fingerprint density at radius 2 is 1.90 bits per heavy atom. The standard InChI is InChI=1S/C23H21N3O2S/c1-15(2)25-21(27)19(14-24)23-26(18-10-5-4-6-11-18)22(28)20(29-23)13-17-9-7-8-16(3)12-17/h4-13,15H,1-3H3,(H,25,27)/b20-13-,23-19-. The molecular formula is C23H21N3O2S. The first-order valence-corrected chi connectivity index (χ1v) is 10.0. The topological polar surface area (TPSA) is 74.9 Å². The van der Waals surface area contributed by atoms with E-state index in [9.17, 15) is 14.9 Å². The molecule has 6 heteroatoms. The Labute approximate surface area is 172 Å². The molecule has 0 bridgehead atoms. The largest absolute Gasteiger partial charge is 0.349 e. The van der Waals surface area contributed by atoms with Gasteiger partial charge in [0, 0.05) is 6.04 Å². The minimum Gasteiger partial charge on any atom is -0.349 e. The third-order valence-electron chi connectivity index (χ3n) is 4.15. The van der Waals surface area contributed by atoms with Gasteiger partial charge in [-0.05, 0) is 44.5 Å². The van der Waals surface area contributed by atoms with Crippen molar-refractivity contribution in [1.29, 1.82) is 5.26 Å². The smallest absolute Gasteiger partial charge is 0.273 e. The van der Waals surface area contributed by atoms with Gasteiger partial charge in [0.15, 0.2) is 5.57 Å². The predicted molar refractivity (Wildman–Crippen MR) is 116 cm³/mol. The Kier molecular flexibility index (Phi) is 6.10. The molecule has 0 aliphatic carbocycles. The fraction of sp³-hybridized carbons (Fsp3) is 0.174. The zero-order chi connectivity index (χ0) is 21.0. The zero-order valence-electron chi connectivity index (χ0n) is 16.5. The Balaban J connectivity index is 2.36. The lowest BCUT2D eigenvalue weighted by Gasteiger charge is -2.07. The van der Waals surface area contributed by atoms with E-state index in [4.69, 9.17) is 0 Å². The number of nitrogens with one attached hydrogen (secondary N) is 1. The van der Waals surface area contributed by atoms with E-state index in [0.29, 0.717) is 14.9 Å². The Morgan fingerprint density at radius 1 is 1.17 bits per heavy atom. The van der Waals surface area contributed by atoms with Crippen LogP contribution in [-0.4, -0.2) is 16.5 Å². The number of hydrogen-bond donors (Lipinski definition) is 1. The van der Waals surface area contributed by atoms with Gasteiger partial charge in [-0.2, -0.15) is 5.26 Å². The van der Waals surface area contributed by atoms with E-state index in [2.05, 4.69) is 5.32 Å². The quantitative estimate of drug-likeness (QED) is 0.726. The molecule has 3 aromatic rings. The van der Waals surface area contributed by atoms with Crippen LogP contribution in [0.3, 0.4) is 0 Å². The number of nitrogens with zero attached hydrogens (tertiary/aromatic N) is 2. The van der Waals surface area contributed by atoms with Crippen molar-refractivity contribution in [2.45, 2.75) is 26.8 Å².